The lowest BCUT2D eigenvalue weighted by Crippen LogP contribution is -2.43. The molecule has 2 aliphatic heterocycles. The van der Waals surface area contributed by atoms with Crippen LogP contribution in [-0.4, -0.2) is 48.2 Å². The Labute approximate surface area is 98.5 Å². The lowest BCUT2D eigenvalue weighted by Gasteiger charge is -2.32. The van der Waals surface area contributed by atoms with E-state index in [0.717, 1.165) is 44.9 Å². The summed E-state index contributed by atoms with van der Waals surface area (Å²) in [7, 11) is -0.0274. The molecule has 16 heavy (non-hydrogen) atoms. The molecular formula is C11H22O4Si. The zero-order chi connectivity index (χ0) is 11.3. The molecule has 2 unspecified atom stereocenters. The number of hydrogen-bond acceptors (Lipinski definition) is 4. The van der Waals surface area contributed by atoms with E-state index in [9.17, 15) is 0 Å². The Balaban J connectivity index is 1.57. The highest BCUT2D eigenvalue weighted by Gasteiger charge is 2.37. The van der Waals surface area contributed by atoms with E-state index >= 15 is 0 Å². The second-order valence-corrected chi connectivity index (χ2v) is 8.07. The summed E-state index contributed by atoms with van der Waals surface area (Å²) in [5.41, 5.74) is 0. The van der Waals surface area contributed by atoms with Crippen molar-refractivity contribution < 1.29 is 18.3 Å². The summed E-state index contributed by atoms with van der Waals surface area (Å²) < 4.78 is 22.2. The molecule has 0 bridgehead atoms. The summed E-state index contributed by atoms with van der Waals surface area (Å²) in [6, 6.07) is 2.21. The van der Waals surface area contributed by atoms with Gasteiger partial charge in [0, 0.05) is 20.3 Å². The third-order valence-electron chi connectivity index (χ3n) is 3.24. The Morgan fingerprint density at radius 2 is 2.25 bits per heavy atom. The summed E-state index contributed by atoms with van der Waals surface area (Å²) in [5.74, 6) is 0. The Kier molecular flexibility index (Phi) is 4.78. The summed E-state index contributed by atoms with van der Waals surface area (Å²) in [6.45, 7) is 3.32. The van der Waals surface area contributed by atoms with Crippen LogP contribution in [0.3, 0.4) is 0 Å². The predicted molar refractivity (Wildman–Crippen MR) is 62.7 cm³/mol. The molecule has 2 heterocycles. The van der Waals surface area contributed by atoms with Crippen LogP contribution >= 0.6 is 0 Å². The monoisotopic (exact) mass is 246 g/mol. The number of hydrogen-bond donors (Lipinski definition) is 0. The van der Waals surface area contributed by atoms with Crippen molar-refractivity contribution in [1.82, 2.24) is 0 Å². The molecule has 4 nitrogen and oxygen atoms in total. The van der Waals surface area contributed by atoms with Crippen LogP contribution in [0, 0.1) is 0 Å². The van der Waals surface area contributed by atoms with Crippen molar-refractivity contribution >= 4 is 8.56 Å². The van der Waals surface area contributed by atoms with Crippen LogP contribution in [0.25, 0.3) is 0 Å². The average molecular weight is 246 g/mol. The average Bonchev–Trinajstić information content (AvgIpc) is 3.14. The molecule has 0 saturated carbocycles. The van der Waals surface area contributed by atoms with Crippen molar-refractivity contribution in [2.75, 3.05) is 33.5 Å². The Bertz CT molecular complexity index is 202. The number of ether oxygens (including phenoxy) is 2. The molecule has 0 aromatic carbocycles. The highest BCUT2D eigenvalue weighted by Crippen LogP contribution is 2.27. The summed E-state index contributed by atoms with van der Waals surface area (Å²) in [6.07, 6.45) is 3.87. The van der Waals surface area contributed by atoms with E-state index in [1.807, 2.05) is 0 Å². The molecule has 5 heteroatoms. The van der Waals surface area contributed by atoms with Gasteiger partial charge in [0.1, 0.15) is 6.10 Å². The van der Waals surface area contributed by atoms with Crippen LogP contribution in [0.4, 0.5) is 0 Å². The molecule has 2 fully saturated rings. The lowest BCUT2D eigenvalue weighted by atomic mass is 10.4. The molecule has 0 spiro atoms. The van der Waals surface area contributed by atoms with Crippen LogP contribution in [0.2, 0.25) is 12.1 Å². The van der Waals surface area contributed by atoms with E-state index in [1.54, 1.807) is 7.11 Å². The van der Waals surface area contributed by atoms with E-state index in [1.165, 1.54) is 12.8 Å². The van der Waals surface area contributed by atoms with Crippen LogP contribution in [0.15, 0.2) is 0 Å². The zero-order valence-corrected chi connectivity index (χ0v) is 11.1. The molecule has 0 aromatic heterocycles. The van der Waals surface area contributed by atoms with E-state index in [4.69, 9.17) is 18.3 Å². The minimum absolute atomic E-state index is 0.375. The van der Waals surface area contributed by atoms with E-state index in [-0.39, 0.29) is 0 Å². The molecule has 0 aromatic rings. The first-order chi connectivity index (χ1) is 7.85. The molecule has 0 aliphatic carbocycles. The third kappa shape index (κ3) is 3.82. The summed E-state index contributed by atoms with van der Waals surface area (Å²) in [5, 5.41) is 0. The van der Waals surface area contributed by atoms with Crippen molar-refractivity contribution in [2.24, 2.45) is 0 Å². The van der Waals surface area contributed by atoms with Crippen molar-refractivity contribution in [1.29, 1.82) is 0 Å². The molecule has 0 amide bonds. The first-order valence-corrected chi connectivity index (χ1v) is 8.46. The van der Waals surface area contributed by atoms with Crippen molar-refractivity contribution in [3.05, 3.63) is 0 Å². The van der Waals surface area contributed by atoms with E-state index in [2.05, 4.69) is 0 Å². The standard InChI is InChI=1S/C11H22O4Si/c1-12-16(7-3-2-6-15-16)8-4-5-13-9-11-10-14-11/h11H,2-10H2,1H3. The van der Waals surface area contributed by atoms with Gasteiger partial charge >= 0.3 is 8.56 Å². The zero-order valence-electron chi connectivity index (χ0n) is 10.1. The maximum absolute atomic E-state index is 5.89. The molecule has 0 N–H and O–H groups in total. The summed E-state index contributed by atoms with van der Waals surface area (Å²) >= 11 is 0. The fourth-order valence-corrected chi connectivity index (χ4v) is 5.16. The van der Waals surface area contributed by atoms with E-state index < -0.39 is 8.56 Å². The predicted octanol–water partition coefficient (Wildman–Crippen LogP) is 1.69. The minimum Gasteiger partial charge on any atom is -0.398 e. The van der Waals surface area contributed by atoms with E-state index in [0.29, 0.717) is 6.10 Å². The maximum atomic E-state index is 5.89. The van der Waals surface area contributed by atoms with Gasteiger partial charge in [-0.1, -0.05) is 0 Å². The highest BCUT2D eigenvalue weighted by atomic mass is 28.4. The van der Waals surface area contributed by atoms with Crippen molar-refractivity contribution in [3.8, 4) is 0 Å². The SMILES string of the molecule is CO[Si]1(CCCOCC2CO2)CCCCO1. The maximum Gasteiger partial charge on any atom is 0.337 e. The first-order valence-electron chi connectivity index (χ1n) is 6.23. The largest absolute Gasteiger partial charge is 0.398 e. The molecule has 2 atom stereocenters. The third-order valence-corrected chi connectivity index (χ3v) is 6.95. The van der Waals surface area contributed by atoms with Gasteiger partial charge < -0.3 is 18.3 Å². The second kappa shape index (κ2) is 6.12. The van der Waals surface area contributed by atoms with Gasteiger partial charge in [-0.2, -0.15) is 0 Å². The fraction of sp³-hybridized carbons (Fsp3) is 1.00. The van der Waals surface area contributed by atoms with Crippen molar-refractivity contribution in [2.45, 2.75) is 37.5 Å². The van der Waals surface area contributed by atoms with Crippen LogP contribution in [0.1, 0.15) is 19.3 Å². The van der Waals surface area contributed by atoms with Gasteiger partial charge in [-0.15, -0.1) is 0 Å². The second-order valence-electron chi connectivity index (χ2n) is 4.55. The Hall–Kier alpha value is 0.0569. The van der Waals surface area contributed by atoms with Crippen molar-refractivity contribution in [3.63, 3.8) is 0 Å². The summed E-state index contributed by atoms with van der Waals surface area (Å²) in [4.78, 5) is 0. The minimum atomic E-state index is -1.83. The first kappa shape index (κ1) is 12.5. The quantitative estimate of drug-likeness (QED) is 0.389. The van der Waals surface area contributed by atoms with Crippen LogP contribution in [0.5, 0.6) is 0 Å². The molecule has 94 valence electrons. The van der Waals surface area contributed by atoms with Gasteiger partial charge in [0.25, 0.3) is 0 Å². The van der Waals surface area contributed by atoms with Gasteiger partial charge in [-0.3, -0.25) is 0 Å². The smallest absolute Gasteiger partial charge is 0.337 e. The lowest BCUT2D eigenvalue weighted by molar-refractivity contribution is 0.112. The van der Waals surface area contributed by atoms with Gasteiger partial charge in [-0.05, 0) is 31.4 Å². The Morgan fingerprint density at radius 1 is 1.38 bits per heavy atom. The molecule has 2 rings (SSSR count). The molecule has 0 radical (unpaired) electrons. The number of rotatable bonds is 7. The highest BCUT2D eigenvalue weighted by molar-refractivity contribution is 6.67. The molecule has 2 saturated heterocycles. The van der Waals surface area contributed by atoms with Gasteiger partial charge in [0.2, 0.25) is 0 Å². The normalized spacial score (nSPS) is 33.9. The number of epoxide rings is 1. The molecular weight excluding hydrogens is 224 g/mol. The topological polar surface area (TPSA) is 40.2 Å². The van der Waals surface area contributed by atoms with Gasteiger partial charge in [0.05, 0.1) is 13.2 Å². The van der Waals surface area contributed by atoms with Crippen LogP contribution in [-0.2, 0) is 18.3 Å². The van der Waals surface area contributed by atoms with Gasteiger partial charge in [0.15, 0.2) is 0 Å². The Morgan fingerprint density at radius 3 is 2.88 bits per heavy atom. The fourth-order valence-electron chi connectivity index (χ4n) is 2.11. The van der Waals surface area contributed by atoms with Gasteiger partial charge in [-0.25, -0.2) is 0 Å². The molecule has 2 aliphatic rings. The van der Waals surface area contributed by atoms with Crippen LogP contribution < -0.4 is 0 Å².